The number of carbonyl (C=O) groups excluding carboxylic acids is 2. The highest BCUT2D eigenvalue weighted by atomic mass is 35.5. The van der Waals surface area contributed by atoms with E-state index in [2.05, 4.69) is 4.90 Å². The molecule has 2 aromatic carbocycles. The second kappa shape index (κ2) is 18.6. The molecule has 0 unspecified atom stereocenters. The van der Waals surface area contributed by atoms with Gasteiger partial charge >= 0.3 is 0 Å². The van der Waals surface area contributed by atoms with E-state index >= 15 is 0 Å². The molecule has 0 aromatic heterocycles. The summed E-state index contributed by atoms with van der Waals surface area (Å²) in [6.45, 7) is 4.22. The fourth-order valence-corrected chi connectivity index (χ4v) is 4.67. The molecule has 6 N–H and O–H groups in total. The lowest BCUT2D eigenvalue weighted by Gasteiger charge is -2.35. The lowest BCUT2D eigenvalue weighted by Crippen LogP contribution is -2.50. The largest absolute Gasteiger partial charge is 0.384 e. The highest BCUT2D eigenvalue weighted by Gasteiger charge is 2.27. The number of carbonyl (C=O) groups is 2. The van der Waals surface area contributed by atoms with Gasteiger partial charge < -0.3 is 26.2 Å². The molecule has 2 aromatic rings. The first-order valence-electron chi connectivity index (χ1n) is 12.2. The number of guanidine groups is 1. The number of amidine groups is 1. The fourth-order valence-electron chi connectivity index (χ4n) is 4.67. The predicted molar refractivity (Wildman–Crippen MR) is 177 cm³/mol. The molecule has 0 aliphatic carbocycles. The Labute approximate surface area is 280 Å². The van der Waals surface area contributed by atoms with Gasteiger partial charge in [0, 0.05) is 87.7 Å². The van der Waals surface area contributed by atoms with E-state index in [1.165, 1.54) is 12.1 Å². The van der Waals surface area contributed by atoms with Crippen molar-refractivity contribution in [3.05, 3.63) is 74.8 Å². The maximum atomic E-state index is 13.3. The Morgan fingerprint density at radius 2 is 1.14 bits per heavy atom. The van der Waals surface area contributed by atoms with Crippen LogP contribution in [0.2, 0.25) is 0 Å². The van der Waals surface area contributed by atoms with Crippen LogP contribution in [-0.4, -0.2) is 100 Å². The number of nitrogens with zero attached hydrogens (tertiary/aromatic N) is 5. The van der Waals surface area contributed by atoms with E-state index in [0.29, 0.717) is 75.6 Å². The van der Waals surface area contributed by atoms with Crippen molar-refractivity contribution in [2.45, 2.75) is 6.54 Å². The third-order valence-corrected chi connectivity index (χ3v) is 6.85. The first-order chi connectivity index (χ1) is 18.1. The minimum absolute atomic E-state index is 0. The Morgan fingerprint density at radius 3 is 1.58 bits per heavy atom. The third-order valence-electron chi connectivity index (χ3n) is 6.85. The highest BCUT2D eigenvalue weighted by Crippen LogP contribution is 2.22. The number of benzene rings is 2. The van der Waals surface area contributed by atoms with Crippen LogP contribution < -0.4 is 11.5 Å². The first kappa shape index (κ1) is 42.1. The van der Waals surface area contributed by atoms with E-state index < -0.39 is 4.92 Å². The van der Waals surface area contributed by atoms with Gasteiger partial charge in [-0.05, 0) is 23.8 Å². The van der Waals surface area contributed by atoms with E-state index in [4.69, 9.17) is 22.3 Å². The molecule has 2 amide bonds. The minimum atomic E-state index is -0.498. The van der Waals surface area contributed by atoms with Gasteiger partial charge in [-0.25, -0.2) is 0 Å². The summed E-state index contributed by atoms with van der Waals surface area (Å²) >= 11 is 0. The predicted octanol–water partition coefficient (Wildman–Crippen LogP) is 2.60. The van der Waals surface area contributed by atoms with Crippen molar-refractivity contribution >= 4 is 91.3 Å². The second-order valence-electron chi connectivity index (χ2n) is 9.37. The van der Waals surface area contributed by atoms with Crippen LogP contribution in [0.25, 0.3) is 0 Å². The van der Waals surface area contributed by atoms with Gasteiger partial charge in [0.25, 0.3) is 17.5 Å². The van der Waals surface area contributed by atoms with Crippen molar-refractivity contribution in [3.8, 4) is 0 Å². The smallest absolute Gasteiger partial charge is 0.270 e. The van der Waals surface area contributed by atoms with E-state index in [1.807, 2.05) is 0 Å². The molecule has 0 atom stereocenters. The molecule has 43 heavy (non-hydrogen) atoms. The molecule has 0 radical (unpaired) electrons. The lowest BCUT2D eigenvalue weighted by molar-refractivity contribution is -0.385. The van der Waals surface area contributed by atoms with Crippen LogP contribution in [0.15, 0.2) is 42.5 Å². The molecular weight excluding hydrogens is 668 g/mol. The van der Waals surface area contributed by atoms with E-state index in [1.54, 1.807) is 45.0 Å². The van der Waals surface area contributed by atoms with Crippen LogP contribution in [-0.2, 0) is 6.54 Å². The van der Waals surface area contributed by atoms with Crippen LogP contribution in [0.3, 0.4) is 0 Å². The lowest BCUT2D eigenvalue weighted by atomic mass is 10.1. The summed E-state index contributed by atoms with van der Waals surface area (Å²) < 4.78 is 0. The molecule has 0 saturated carbocycles. The monoisotopic (exact) mass is 701 g/mol. The number of hydrogen-bond donors (Lipinski definition) is 4. The zero-order valence-corrected chi connectivity index (χ0v) is 27.1. The van der Waals surface area contributed by atoms with Crippen LogP contribution in [0.4, 0.5) is 5.69 Å². The molecule has 0 spiro atoms. The number of nitro groups is 1. The summed E-state index contributed by atoms with van der Waals surface area (Å²) in [4.78, 5) is 44.4. The fraction of sp³-hybridized carbons (Fsp3) is 0.360. The molecule has 2 aliphatic heterocycles. The van der Waals surface area contributed by atoms with Crippen molar-refractivity contribution in [1.29, 1.82) is 10.8 Å². The summed E-state index contributed by atoms with van der Waals surface area (Å²) in [6.07, 6.45) is 0. The average Bonchev–Trinajstić information content (AvgIpc) is 2.92. The Hall–Kier alpha value is -3.07. The van der Waals surface area contributed by atoms with Crippen LogP contribution in [0, 0.1) is 20.9 Å². The van der Waals surface area contributed by atoms with Crippen molar-refractivity contribution in [2.24, 2.45) is 11.5 Å². The molecule has 0 bridgehead atoms. The Balaban J connectivity index is 0. The number of hydrogen-bond acceptors (Lipinski definition) is 7. The van der Waals surface area contributed by atoms with Crippen molar-refractivity contribution in [1.82, 2.24) is 19.6 Å². The van der Waals surface area contributed by atoms with Gasteiger partial charge in [0.05, 0.1) is 4.92 Å². The van der Waals surface area contributed by atoms with Gasteiger partial charge in [-0.1, -0.05) is 12.1 Å². The highest BCUT2D eigenvalue weighted by molar-refractivity contribution is 5.98. The van der Waals surface area contributed by atoms with E-state index in [-0.39, 0.29) is 96.9 Å². The summed E-state index contributed by atoms with van der Waals surface area (Å²) in [7, 11) is 0. The average molecular weight is 704 g/mol. The molecule has 2 aliphatic rings. The normalized spacial score (nSPS) is 14.4. The zero-order valence-electron chi connectivity index (χ0n) is 23.0. The van der Waals surface area contributed by atoms with Gasteiger partial charge in [-0.15, -0.1) is 62.0 Å². The standard InChI is InChI=1S/C25H31N9O4.5ClH/c26-22(27)18-1-3-19(4-2-18)23(35)31-9-11-32(12-10-31)24(36)20-13-17(14-21(15-20)34(37)38)16-30-5-7-33(8-6-30)25(28)29;;;;;/h1-4,13-15H,5-12,16H2,(H3,26,27)(H3,28,29);5*1H. The number of nitrogens with one attached hydrogen (secondary N) is 2. The van der Waals surface area contributed by atoms with Crippen LogP contribution in [0.1, 0.15) is 31.8 Å². The van der Waals surface area contributed by atoms with Gasteiger partial charge in [0.1, 0.15) is 5.84 Å². The number of nitrogens with two attached hydrogens (primary N) is 2. The number of non-ortho nitro benzene ring substituents is 1. The van der Waals surface area contributed by atoms with Gasteiger partial charge in [0.2, 0.25) is 0 Å². The zero-order chi connectivity index (χ0) is 27.4. The van der Waals surface area contributed by atoms with Gasteiger partial charge in [-0.2, -0.15) is 0 Å². The second-order valence-corrected chi connectivity index (χ2v) is 9.37. The molecule has 18 heteroatoms. The molecule has 4 rings (SSSR count). The number of amides is 2. The molecule has 13 nitrogen and oxygen atoms in total. The number of halogens is 5. The SMILES string of the molecule is Cl.Cl.Cl.Cl.Cl.N=C(N)c1ccc(C(=O)N2CCN(C(=O)c3cc(CN4CCN(C(=N)N)CC4)cc([N+](=O)[O-])c3)CC2)cc1. The van der Waals surface area contributed by atoms with Gasteiger partial charge in [0.15, 0.2) is 5.96 Å². The maximum Gasteiger partial charge on any atom is 0.270 e. The summed E-state index contributed by atoms with van der Waals surface area (Å²) in [6, 6.07) is 11.0. The number of nitro benzene ring substituents is 1. The molecule has 2 heterocycles. The molecule has 2 saturated heterocycles. The van der Waals surface area contributed by atoms with Gasteiger partial charge in [-0.3, -0.25) is 35.4 Å². The number of nitrogen functional groups attached to an aromatic ring is 1. The summed E-state index contributed by atoms with van der Waals surface area (Å²) in [5.74, 6) is -0.527. The number of piperazine rings is 2. The molecule has 2 fully saturated rings. The summed E-state index contributed by atoms with van der Waals surface area (Å²) in [5, 5.41) is 26.6. The minimum Gasteiger partial charge on any atom is -0.384 e. The Morgan fingerprint density at radius 1 is 0.698 bits per heavy atom. The Kier molecular flexibility index (Phi) is 18.2. The van der Waals surface area contributed by atoms with Crippen molar-refractivity contribution in [2.75, 3.05) is 52.4 Å². The first-order valence-corrected chi connectivity index (χ1v) is 12.2. The third kappa shape index (κ3) is 10.6. The maximum absolute atomic E-state index is 13.3. The quantitative estimate of drug-likeness (QED) is 0.153. The van der Waals surface area contributed by atoms with E-state index in [9.17, 15) is 19.7 Å². The van der Waals surface area contributed by atoms with Crippen LogP contribution >= 0.6 is 62.0 Å². The topological polar surface area (TPSA) is 190 Å². The summed E-state index contributed by atoms with van der Waals surface area (Å²) in [5.41, 5.74) is 12.8. The van der Waals surface area contributed by atoms with Crippen LogP contribution in [0.5, 0.6) is 0 Å². The molecule has 240 valence electrons. The molecular formula is C25H36Cl5N9O4. The van der Waals surface area contributed by atoms with Crippen molar-refractivity contribution < 1.29 is 14.5 Å². The van der Waals surface area contributed by atoms with E-state index in [0.717, 1.165) is 0 Å². The Bertz CT molecular complexity index is 1270. The van der Waals surface area contributed by atoms with Crippen molar-refractivity contribution in [3.63, 3.8) is 0 Å². The number of rotatable bonds is 6.